The Bertz CT molecular complexity index is 715. The zero-order valence-corrected chi connectivity index (χ0v) is 13.7. The highest BCUT2D eigenvalue weighted by Gasteiger charge is 2.19. The lowest BCUT2D eigenvalue weighted by molar-refractivity contribution is 1.63. The molecule has 2 N–H and O–H groups in total. The predicted octanol–water partition coefficient (Wildman–Crippen LogP) is 4.85. The average Bonchev–Trinajstić information content (AvgIpc) is 2.57. The first-order valence-corrected chi connectivity index (χ1v) is 9.89. The second kappa shape index (κ2) is 6.78. The molecule has 0 spiro atoms. The van der Waals surface area contributed by atoms with Crippen molar-refractivity contribution in [1.29, 1.82) is 0 Å². The third kappa shape index (κ3) is 3.56. The zero-order valence-electron chi connectivity index (χ0n) is 12.0. The van der Waals surface area contributed by atoms with Crippen LogP contribution in [0.15, 0.2) is 91.0 Å². The standard InChI is InChI=1S/C18H17N2PS/c22-21(18-14-8-3-9-15-18,19-16-10-4-1-5-11-16)20-17-12-6-2-7-13-17/h1-15H,(H2,19,20,22). The molecule has 110 valence electrons. The van der Waals surface area contributed by atoms with E-state index in [2.05, 4.69) is 22.3 Å². The number of hydrogen-bond donors (Lipinski definition) is 2. The zero-order chi connectivity index (χ0) is 15.3. The van der Waals surface area contributed by atoms with Crippen molar-refractivity contribution in [2.45, 2.75) is 0 Å². The van der Waals surface area contributed by atoms with Gasteiger partial charge in [-0.25, -0.2) is 0 Å². The largest absolute Gasteiger partial charge is 0.339 e. The fourth-order valence-electron chi connectivity index (χ4n) is 2.18. The van der Waals surface area contributed by atoms with Gasteiger partial charge in [-0.05, 0) is 36.1 Å². The minimum absolute atomic E-state index is 1.03. The molecule has 4 heteroatoms. The van der Waals surface area contributed by atoms with Gasteiger partial charge in [-0.15, -0.1) is 0 Å². The molecule has 0 aliphatic heterocycles. The second-order valence-electron chi connectivity index (χ2n) is 4.90. The van der Waals surface area contributed by atoms with Crippen LogP contribution < -0.4 is 15.5 Å². The summed E-state index contributed by atoms with van der Waals surface area (Å²) < 4.78 is 0. The van der Waals surface area contributed by atoms with Gasteiger partial charge in [0.2, 0.25) is 0 Å². The molecule has 0 aliphatic rings. The van der Waals surface area contributed by atoms with E-state index in [4.69, 9.17) is 11.8 Å². The number of anilines is 2. The first-order chi connectivity index (χ1) is 10.8. The highest BCUT2D eigenvalue weighted by atomic mass is 32.4. The maximum Gasteiger partial charge on any atom is 0.148 e. The van der Waals surface area contributed by atoms with Gasteiger partial charge in [-0.2, -0.15) is 0 Å². The van der Waals surface area contributed by atoms with E-state index in [0.29, 0.717) is 0 Å². The Morgan fingerprint density at radius 1 is 0.545 bits per heavy atom. The molecule has 0 saturated heterocycles. The fourth-order valence-corrected chi connectivity index (χ4v) is 5.11. The van der Waals surface area contributed by atoms with Gasteiger partial charge in [0.25, 0.3) is 0 Å². The lowest BCUT2D eigenvalue weighted by Crippen LogP contribution is -2.17. The minimum Gasteiger partial charge on any atom is -0.339 e. The maximum absolute atomic E-state index is 6.02. The van der Waals surface area contributed by atoms with E-state index < -0.39 is 6.34 Å². The molecule has 0 heterocycles. The van der Waals surface area contributed by atoms with Gasteiger partial charge in [-0.3, -0.25) is 0 Å². The van der Waals surface area contributed by atoms with Crippen molar-refractivity contribution < 1.29 is 0 Å². The minimum atomic E-state index is -2.18. The van der Waals surface area contributed by atoms with Gasteiger partial charge >= 0.3 is 0 Å². The molecule has 0 bridgehead atoms. The molecule has 3 aromatic carbocycles. The summed E-state index contributed by atoms with van der Waals surface area (Å²) in [6.45, 7) is 0. The molecular weight excluding hydrogens is 307 g/mol. The number of hydrogen-bond acceptors (Lipinski definition) is 1. The van der Waals surface area contributed by atoms with E-state index in [1.54, 1.807) is 0 Å². The van der Waals surface area contributed by atoms with Crippen LogP contribution in [0.4, 0.5) is 11.4 Å². The molecule has 0 radical (unpaired) electrons. The van der Waals surface area contributed by atoms with Gasteiger partial charge < -0.3 is 10.2 Å². The van der Waals surface area contributed by atoms with Crippen LogP contribution in [0.25, 0.3) is 0 Å². The Morgan fingerprint density at radius 2 is 0.909 bits per heavy atom. The van der Waals surface area contributed by atoms with Gasteiger partial charge in [0.05, 0.1) is 0 Å². The summed E-state index contributed by atoms with van der Waals surface area (Å²) in [7, 11) is 0. The highest BCUT2D eigenvalue weighted by molar-refractivity contribution is 8.19. The summed E-state index contributed by atoms with van der Waals surface area (Å²) in [5.41, 5.74) is 2.05. The number of para-hydroxylation sites is 2. The van der Waals surface area contributed by atoms with Gasteiger partial charge in [0.1, 0.15) is 6.34 Å². The van der Waals surface area contributed by atoms with Gasteiger partial charge in [-0.1, -0.05) is 66.7 Å². The Hall–Kier alpha value is -2.09. The smallest absolute Gasteiger partial charge is 0.148 e. The lowest BCUT2D eigenvalue weighted by atomic mass is 10.3. The van der Waals surface area contributed by atoms with Crippen LogP contribution in [0.1, 0.15) is 0 Å². The van der Waals surface area contributed by atoms with Crippen molar-refractivity contribution in [2.75, 3.05) is 10.2 Å². The SMILES string of the molecule is S=P(Nc1ccccc1)(Nc1ccccc1)c1ccccc1. The van der Waals surface area contributed by atoms with E-state index in [1.165, 1.54) is 0 Å². The normalized spacial score (nSPS) is 10.9. The quantitative estimate of drug-likeness (QED) is 0.656. The van der Waals surface area contributed by atoms with E-state index in [1.807, 2.05) is 78.9 Å². The number of nitrogens with one attached hydrogen (secondary N) is 2. The van der Waals surface area contributed by atoms with Crippen molar-refractivity contribution in [1.82, 2.24) is 0 Å². The van der Waals surface area contributed by atoms with Crippen LogP contribution in [0.2, 0.25) is 0 Å². The first kappa shape index (κ1) is 14.8. The van der Waals surface area contributed by atoms with Crippen LogP contribution in [0, 0.1) is 0 Å². The first-order valence-electron chi connectivity index (χ1n) is 7.09. The van der Waals surface area contributed by atoms with E-state index in [-0.39, 0.29) is 0 Å². The van der Waals surface area contributed by atoms with Crippen molar-refractivity contribution in [2.24, 2.45) is 0 Å². The van der Waals surface area contributed by atoms with Crippen LogP contribution in [-0.2, 0) is 11.8 Å². The summed E-state index contributed by atoms with van der Waals surface area (Å²) in [6, 6.07) is 30.4. The van der Waals surface area contributed by atoms with Crippen LogP contribution in [-0.4, -0.2) is 0 Å². The molecule has 3 aromatic rings. The Labute approximate surface area is 136 Å². The highest BCUT2D eigenvalue weighted by Crippen LogP contribution is 2.44. The Morgan fingerprint density at radius 3 is 1.32 bits per heavy atom. The third-order valence-corrected chi connectivity index (χ3v) is 6.59. The fraction of sp³-hybridized carbons (Fsp3) is 0. The molecule has 0 aliphatic carbocycles. The van der Waals surface area contributed by atoms with Gasteiger partial charge in [0.15, 0.2) is 0 Å². The maximum atomic E-state index is 6.02. The monoisotopic (exact) mass is 324 g/mol. The molecule has 3 rings (SSSR count). The van der Waals surface area contributed by atoms with Crippen molar-refractivity contribution in [3.05, 3.63) is 91.0 Å². The summed E-state index contributed by atoms with van der Waals surface area (Å²) in [4.78, 5) is 0. The summed E-state index contributed by atoms with van der Waals surface area (Å²) in [6.07, 6.45) is -2.18. The van der Waals surface area contributed by atoms with E-state index in [9.17, 15) is 0 Å². The van der Waals surface area contributed by atoms with Crippen LogP contribution >= 0.6 is 6.34 Å². The molecular formula is C18H17N2PS. The Balaban J connectivity index is 1.97. The molecule has 0 atom stereocenters. The third-order valence-electron chi connectivity index (χ3n) is 3.24. The lowest BCUT2D eigenvalue weighted by Gasteiger charge is -2.27. The Kier molecular flexibility index (Phi) is 4.57. The molecule has 0 fully saturated rings. The molecule has 0 unspecified atom stereocenters. The van der Waals surface area contributed by atoms with Crippen LogP contribution in [0.3, 0.4) is 0 Å². The molecule has 22 heavy (non-hydrogen) atoms. The molecule has 0 saturated carbocycles. The van der Waals surface area contributed by atoms with E-state index >= 15 is 0 Å². The predicted molar refractivity (Wildman–Crippen MR) is 100 cm³/mol. The number of benzene rings is 3. The van der Waals surface area contributed by atoms with Crippen molar-refractivity contribution >= 4 is 34.8 Å². The second-order valence-corrected chi connectivity index (χ2v) is 8.73. The molecule has 0 aromatic heterocycles. The topological polar surface area (TPSA) is 24.1 Å². The summed E-state index contributed by atoms with van der Waals surface area (Å²) in [5, 5.41) is 8.18. The van der Waals surface area contributed by atoms with Gasteiger partial charge in [0, 0.05) is 16.7 Å². The molecule has 0 amide bonds. The van der Waals surface area contributed by atoms with E-state index in [0.717, 1.165) is 16.7 Å². The van der Waals surface area contributed by atoms with Crippen molar-refractivity contribution in [3.8, 4) is 0 Å². The van der Waals surface area contributed by atoms with Crippen molar-refractivity contribution in [3.63, 3.8) is 0 Å². The number of rotatable bonds is 5. The summed E-state index contributed by atoms with van der Waals surface area (Å²) >= 11 is 6.02. The van der Waals surface area contributed by atoms with Crippen LogP contribution in [0.5, 0.6) is 0 Å². The molecule has 2 nitrogen and oxygen atoms in total. The summed E-state index contributed by atoms with van der Waals surface area (Å²) in [5.74, 6) is 0. The average molecular weight is 324 g/mol.